The zero-order valence-corrected chi connectivity index (χ0v) is 11.6. The minimum absolute atomic E-state index is 0.165. The maximum Gasteiger partial charge on any atom is 0.255 e. The Morgan fingerprint density at radius 2 is 2.00 bits per heavy atom. The number of carbonyl (C=O) groups is 1. The smallest absolute Gasteiger partial charge is 0.255 e. The van der Waals surface area contributed by atoms with Crippen molar-refractivity contribution in [2.75, 3.05) is 5.32 Å². The van der Waals surface area contributed by atoms with Crippen LogP contribution in [0.2, 0.25) is 0 Å². The molecule has 5 nitrogen and oxygen atoms in total. The van der Waals surface area contributed by atoms with Gasteiger partial charge in [-0.2, -0.15) is 5.10 Å². The summed E-state index contributed by atoms with van der Waals surface area (Å²) in [5.74, 6) is 0.528. The number of nitrogens with one attached hydrogen (secondary N) is 1. The van der Waals surface area contributed by atoms with Crippen LogP contribution in [0.3, 0.4) is 0 Å². The zero-order valence-electron chi connectivity index (χ0n) is 11.6. The molecule has 1 N–H and O–H groups in total. The van der Waals surface area contributed by atoms with Gasteiger partial charge in [-0.3, -0.25) is 4.79 Å². The maximum atomic E-state index is 12.2. The van der Waals surface area contributed by atoms with Gasteiger partial charge in [0.25, 0.3) is 5.91 Å². The molecule has 0 radical (unpaired) electrons. The summed E-state index contributed by atoms with van der Waals surface area (Å²) in [5, 5.41) is 7.06. The second-order valence-corrected chi connectivity index (χ2v) is 4.66. The molecule has 0 atom stereocenters. The molecule has 1 amide bonds. The zero-order chi connectivity index (χ0) is 14.8. The standard InChI is InChI=1S/C16H14N4O/c1-3-12-4-6-13(7-5-12)16(21)18-14-8-9-15-17-11(2)19-20(15)10-14/h3-10H,1H2,2H3,(H,18,21). The van der Waals surface area contributed by atoms with Crippen LogP contribution in [0.1, 0.15) is 21.7 Å². The van der Waals surface area contributed by atoms with Crippen LogP contribution in [0.4, 0.5) is 5.69 Å². The summed E-state index contributed by atoms with van der Waals surface area (Å²) < 4.78 is 1.64. The van der Waals surface area contributed by atoms with Gasteiger partial charge < -0.3 is 5.32 Å². The fraction of sp³-hybridized carbons (Fsp3) is 0.0625. The molecule has 0 aliphatic rings. The van der Waals surface area contributed by atoms with E-state index < -0.39 is 0 Å². The van der Waals surface area contributed by atoms with Gasteiger partial charge in [0.05, 0.1) is 11.9 Å². The lowest BCUT2D eigenvalue weighted by Gasteiger charge is -2.05. The van der Waals surface area contributed by atoms with Crippen molar-refractivity contribution in [3.63, 3.8) is 0 Å². The molecule has 3 rings (SSSR count). The first-order chi connectivity index (χ1) is 10.2. The van der Waals surface area contributed by atoms with E-state index in [-0.39, 0.29) is 5.91 Å². The molecular weight excluding hydrogens is 264 g/mol. The molecule has 2 aromatic heterocycles. The third kappa shape index (κ3) is 2.67. The fourth-order valence-corrected chi connectivity index (χ4v) is 2.04. The van der Waals surface area contributed by atoms with E-state index in [1.54, 1.807) is 35.0 Å². The van der Waals surface area contributed by atoms with Gasteiger partial charge in [-0.05, 0) is 36.8 Å². The number of nitrogens with zero attached hydrogens (tertiary/aromatic N) is 3. The number of pyridine rings is 1. The molecule has 0 unspecified atom stereocenters. The number of amides is 1. The van der Waals surface area contributed by atoms with Crippen LogP contribution in [-0.4, -0.2) is 20.5 Å². The van der Waals surface area contributed by atoms with Gasteiger partial charge in [-0.25, -0.2) is 9.50 Å². The molecule has 0 aliphatic carbocycles. The first kappa shape index (κ1) is 13.1. The summed E-state index contributed by atoms with van der Waals surface area (Å²) in [6.45, 7) is 5.51. The van der Waals surface area contributed by atoms with Crippen molar-refractivity contribution in [3.8, 4) is 0 Å². The molecule has 0 saturated heterocycles. The average Bonchev–Trinajstić information content (AvgIpc) is 2.86. The number of aryl methyl sites for hydroxylation is 1. The lowest BCUT2D eigenvalue weighted by Crippen LogP contribution is -2.12. The van der Waals surface area contributed by atoms with Gasteiger partial charge in [-0.1, -0.05) is 24.8 Å². The Hall–Kier alpha value is -2.95. The van der Waals surface area contributed by atoms with E-state index in [0.717, 1.165) is 11.2 Å². The number of carbonyl (C=O) groups excluding carboxylic acids is 1. The fourth-order valence-electron chi connectivity index (χ4n) is 2.04. The van der Waals surface area contributed by atoms with Crippen molar-refractivity contribution < 1.29 is 4.79 Å². The van der Waals surface area contributed by atoms with Gasteiger partial charge in [0.1, 0.15) is 5.82 Å². The number of hydrogen-bond acceptors (Lipinski definition) is 3. The van der Waals surface area contributed by atoms with E-state index in [1.807, 2.05) is 25.1 Å². The van der Waals surface area contributed by atoms with Crippen LogP contribution in [0.5, 0.6) is 0 Å². The van der Waals surface area contributed by atoms with Crippen molar-refractivity contribution in [3.05, 3.63) is 66.1 Å². The molecule has 1 aromatic carbocycles. The molecule has 0 fully saturated rings. The Morgan fingerprint density at radius 3 is 2.71 bits per heavy atom. The van der Waals surface area contributed by atoms with Gasteiger partial charge in [0.2, 0.25) is 0 Å². The number of fused-ring (bicyclic) bond motifs is 1. The van der Waals surface area contributed by atoms with Gasteiger partial charge in [-0.15, -0.1) is 0 Å². The minimum atomic E-state index is -0.165. The molecule has 104 valence electrons. The third-order valence-electron chi connectivity index (χ3n) is 3.10. The summed E-state index contributed by atoms with van der Waals surface area (Å²) in [6.07, 6.45) is 3.48. The van der Waals surface area contributed by atoms with Gasteiger partial charge in [0.15, 0.2) is 5.65 Å². The highest BCUT2D eigenvalue weighted by molar-refractivity contribution is 6.04. The summed E-state index contributed by atoms with van der Waals surface area (Å²) >= 11 is 0. The summed E-state index contributed by atoms with van der Waals surface area (Å²) in [6, 6.07) is 10.9. The summed E-state index contributed by atoms with van der Waals surface area (Å²) in [5.41, 5.74) is 2.99. The van der Waals surface area contributed by atoms with Crippen LogP contribution < -0.4 is 5.32 Å². The molecule has 3 aromatic rings. The molecular formula is C16H14N4O. The highest BCUT2D eigenvalue weighted by atomic mass is 16.1. The first-order valence-electron chi connectivity index (χ1n) is 6.52. The van der Waals surface area contributed by atoms with Crippen molar-refractivity contribution in [2.24, 2.45) is 0 Å². The third-order valence-corrected chi connectivity index (χ3v) is 3.10. The monoisotopic (exact) mass is 278 g/mol. The van der Waals surface area contributed by atoms with Crippen molar-refractivity contribution in [2.45, 2.75) is 6.92 Å². The molecule has 2 heterocycles. The lowest BCUT2D eigenvalue weighted by atomic mass is 10.1. The van der Waals surface area contributed by atoms with Crippen LogP contribution in [0.25, 0.3) is 11.7 Å². The molecule has 0 bridgehead atoms. The predicted molar refractivity (Wildman–Crippen MR) is 82.2 cm³/mol. The van der Waals surface area contributed by atoms with E-state index >= 15 is 0 Å². The highest BCUT2D eigenvalue weighted by Gasteiger charge is 2.07. The Kier molecular flexibility index (Phi) is 3.23. The minimum Gasteiger partial charge on any atom is -0.321 e. The highest BCUT2D eigenvalue weighted by Crippen LogP contribution is 2.12. The van der Waals surface area contributed by atoms with E-state index in [9.17, 15) is 4.79 Å². The normalized spacial score (nSPS) is 10.5. The summed E-state index contributed by atoms with van der Waals surface area (Å²) in [4.78, 5) is 16.4. The lowest BCUT2D eigenvalue weighted by molar-refractivity contribution is 0.102. The largest absolute Gasteiger partial charge is 0.321 e. The van der Waals surface area contributed by atoms with Crippen molar-refractivity contribution in [1.29, 1.82) is 0 Å². The Morgan fingerprint density at radius 1 is 1.24 bits per heavy atom. The van der Waals surface area contributed by atoms with Crippen LogP contribution in [0, 0.1) is 6.92 Å². The second kappa shape index (κ2) is 5.20. The molecule has 0 saturated carbocycles. The molecule has 21 heavy (non-hydrogen) atoms. The Labute approximate surface area is 121 Å². The first-order valence-corrected chi connectivity index (χ1v) is 6.52. The van der Waals surface area contributed by atoms with E-state index in [1.165, 1.54) is 0 Å². The van der Waals surface area contributed by atoms with Gasteiger partial charge >= 0.3 is 0 Å². The van der Waals surface area contributed by atoms with Crippen molar-refractivity contribution in [1.82, 2.24) is 14.6 Å². The van der Waals surface area contributed by atoms with E-state index in [4.69, 9.17) is 0 Å². The average molecular weight is 278 g/mol. The maximum absolute atomic E-state index is 12.2. The number of aromatic nitrogens is 3. The Balaban J connectivity index is 1.82. The summed E-state index contributed by atoms with van der Waals surface area (Å²) in [7, 11) is 0. The SMILES string of the molecule is C=Cc1ccc(C(=O)Nc2ccc3nc(C)nn3c2)cc1. The quantitative estimate of drug-likeness (QED) is 0.801. The number of anilines is 1. The predicted octanol–water partition coefficient (Wildman–Crippen LogP) is 2.93. The van der Waals surface area contributed by atoms with Crippen molar-refractivity contribution >= 4 is 23.3 Å². The second-order valence-electron chi connectivity index (χ2n) is 4.66. The topological polar surface area (TPSA) is 59.3 Å². The molecule has 0 spiro atoms. The number of hydrogen-bond donors (Lipinski definition) is 1. The van der Waals surface area contributed by atoms with E-state index in [0.29, 0.717) is 17.1 Å². The van der Waals surface area contributed by atoms with Gasteiger partial charge in [0, 0.05) is 5.56 Å². The molecule has 0 aliphatic heterocycles. The Bertz CT molecular complexity index is 818. The number of benzene rings is 1. The van der Waals surface area contributed by atoms with Crippen LogP contribution in [-0.2, 0) is 0 Å². The van der Waals surface area contributed by atoms with Crippen LogP contribution in [0.15, 0.2) is 49.2 Å². The molecule has 5 heteroatoms. The number of rotatable bonds is 3. The van der Waals surface area contributed by atoms with E-state index in [2.05, 4.69) is 22.0 Å². The van der Waals surface area contributed by atoms with Crippen LogP contribution >= 0.6 is 0 Å².